The third-order valence-corrected chi connectivity index (χ3v) is 4.96. The first-order valence-electron chi connectivity index (χ1n) is 7.26. The second-order valence-electron chi connectivity index (χ2n) is 5.61. The fourth-order valence-electron chi connectivity index (χ4n) is 2.70. The second-order valence-corrected chi connectivity index (χ2v) is 6.58. The number of benzene rings is 1. The molecule has 2 aromatic rings. The molecule has 1 fully saturated rings. The SMILES string of the molecule is Cc1cc(F)ccc1CCNC(c1cccs1)C1CC1. The number of thiophene rings is 1. The molecule has 106 valence electrons. The van der Waals surface area contributed by atoms with E-state index in [0.717, 1.165) is 24.4 Å². The molecule has 0 saturated heterocycles. The molecule has 0 bridgehead atoms. The number of hydrogen-bond donors (Lipinski definition) is 1. The lowest BCUT2D eigenvalue weighted by Gasteiger charge is -2.17. The standard InChI is InChI=1S/C17H20FNS/c1-12-11-15(18)7-6-13(12)8-9-19-17(14-4-5-14)16-3-2-10-20-16/h2-3,6-7,10-11,14,17,19H,4-5,8-9H2,1H3. The van der Waals surface area contributed by atoms with Gasteiger partial charge in [-0.3, -0.25) is 0 Å². The van der Waals surface area contributed by atoms with E-state index in [-0.39, 0.29) is 5.82 Å². The maximum Gasteiger partial charge on any atom is 0.123 e. The van der Waals surface area contributed by atoms with Gasteiger partial charge in [0.05, 0.1) is 0 Å². The van der Waals surface area contributed by atoms with E-state index in [2.05, 4.69) is 22.8 Å². The van der Waals surface area contributed by atoms with E-state index in [1.807, 2.05) is 24.3 Å². The van der Waals surface area contributed by atoms with Crippen LogP contribution >= 0.6 is 11.3 Å². The normalized spacial score (nSPS) is 16.3. The first kappa shape index (κ1) is 13.8. The van der Waals surface area contributed by atoms with Gasteiger partial charge in [0.25, 0.3) is 0 Å². The van der Waals surface area contributed by atoms with Gasteiger partial charge in [0.1, 0.15) is 5.82 Å². The van der Waals surface area contributed by atoms with Crippen molar-refractivity contribution in [2.45, 2.75) is 32.2 Å². The minimum atomic E-state index is -0.145. The number of aryl methyl sites for hydroxylation is 1. The Bertz CT molecular complexity index is 560. The molecule has 1 heterocycles. The van der Waals surface area contributed by atoms with Crippen LogP contribution in [-0.4, -0.2) is 6.54 Å². The molecule has 1 unspecified atom stereocenters. The number of nitrogens with one attached hydrogen (secondary N) is 1. The minimum absolute atomic E-state index is 0.145. The molecule has 20 heavy (non-hydrogen) atoms. The summed E-state index contributed by atoms with van der Waals surface area (Å²) in [5, 5.41) is 5.84. The number of hydrogen-bond acceptors (Lipinski definition) is 2. The van der Waals surface area contributed by atoms with Gasteiger partial charge in [-0.25, -0.2) is 4.39 Å². The summed E-state index contributed by atoms with van der Waals surface area (Å²) < 4.78 is 13.1. The van der Waals surface area contributed by atoms with E-state index < -0.39 is 0 Å². The fourth-order valence-corrected chi connectivity index (χ4v) is 3.59. The zero-order chi connectivity index (χ0) is 13.9. The molecule has 3 rings (SSSR count). The van der Waals surface area contributed by atoms with E-state index in [0.29, 0.717) is 6.04 Å². The molecule has 1 aliphatic carbocycles. The van der Waals surface area contributed by atoms with Crippen molar-refractivity contribution < 1.29 is 4.39 Å². The first-order chi connectivity index (χ1) is 9.74. The lowest BCUT2D eigenvalue weighted by Crippen LogP contribution is -2.24. The highest BCUT2D eigenvalue weighted by Crippen LogP contribution is 2.42. The maximum atomic E-state index is 13.1. The average molecular weight is 289 g/mol. The number of rotatable bonds is 6. The highest BCUT2D eigenvalue weighted by molar-refractivity contribution is 7.10. The molecule has 1 aromatic carbocycles. The lowest BCUT2D eigenvalue weighted by molar-refractivity contribution is 0.491. The highest BCUT2D eigenvalue weighted by atomic mass is 32.1. The summed E-state index contributed by atoms with van der Waals surface area (Å²) in [4.78, 5) is 1.45. The second kappa shape index (κ2) is 6.06. The summed E-state index contributed by atoms with van der Waals surface area (Å²) in [5.74, 6) is 0.664. The molecule has 1 nitrogen and oxygen atoms in total. The van der Waals surface area contributed by atoms with Crippen molar-refractivity contribution in [2.24, 2.45) is 5.92 Å². The van der Waals surface area contributed by atoms with Crippen LogP contribution in [0.3, 0.4) is 0 Å². The van der Waals surface area contributed by atoms with Gasteiger partial charge in [0, 0.05) is 10.9 Å². The Hall–Kier alpha value is -1.19. The topological polar surface area (TPSA) is 12.0 Å². The molecule has 1 N–H and O–H groups in total. The van der Waals surface area contributed by atoms with Gasteiger partial charge >= 0.3 is 0 Å². The van der Waals surface area contributed by atoms with Crippen LogP contribution in [0.15, 0.2) is 35.7 Å². The zero-order valence-electron chi connectivity index (χ0n) is 11.7. The van der Waals surface area contributed by atoms with Crippen LogP contribution in [0.5, 0.6) is 0 Å². The Kier molecular flexibility index (Phi) is 4.18. The summed E-state index contributed by atoms with van der Waals surface area (Å²) in [6.07, 6.45) is 3.64. The van der Waals surface area contributed by atoms with Crippen molar-refractivity contribution in [1.29, 1.82) is 0 Å². The van der Waals surface area contributed by atoms with Crippen LogP contribution < -0.4 is 5.32 Å². The van der Waals surface area contributed by atoms with Crippen molar-refractivity contribution in [3.05, 3.63) is 57.5 Å². The molecule has 1 aliphatic rings. The Labute approximate surface area is 123 Å². The molecule has 0 radical (unpaired) electrons. The van der Waals surface area contributed by atoms with Crippen LogP contribution in [0.1, 0.15) is 34.9 Å². The summed E-state index contributed by atoms with van der Waals surface area (Å²) in [5.41, 5.74) is 2.28. The van der Waals surface area contributed by atoms with Crippen molar-refractivity contribution in [2.75, 3.05) is 6.54 Å². The van der Waals surface area contributed by atoms with E-state index in [1.165, 1.54) is 23.3 Å². The molecule has 1 atom stereocenters. The third kappa shape index (κ3) is 3.28. The van der Waals surface area contributed by atoms with Crippen LogP contribution in [0, 0.1) is 18.7 Å². The van der Waals surface area contributed by atoms with Gasteiger partial charge in [-0.1, -0.05) is 12.1 Å². The van der Waals surface area contributed by atoms with Gasteiger partial charge in [-0.05, 0) is 73.4 Å². The Morgan fingerprint density at radius 3 is 2.85 bits per heavy atom. The first-order valence-corrected chi connectivity index (χ1v) is 8.14. The van der Waals surface area contributed by atoms with Gasteiger partial charge in [-0.15, -0.1) is 11.3 Å². The van der Waals surface area contributed by atoms with Crippen LogP contribution in [0.4, 0.5) is 4.39 Å². The van der Waals surface area contributed by atoms with Crippen molar-refractivity contribution >= 4 is 11.3 Å². The molecular formula is C17H20FNS. The molecule has 3 heteroatoms. The van der Waals surface area contributed by atoms with Gasteiger partial charge < -0.3 is 5.32 Å². The Morgan fingerprint density at radius 2 is 2.20 bits per heavy atom. The van der Waals surface area contributed by atoms with Crippen molar-refractivity contribution in [3.8, 4) is 0 Å². The Balaban J connectivity index is 1.58. The van der Waals surface area contributed by atoms with E-state index >= 15 is 0 Å². The van der Waals surface area contributed by atoms with E-state index in [4.69, 9.17) is 0 Å². The van der Waals surface area contributed by atoms with Gasteiger partial charge in [-0.2, -0.15) is 0 Å². The quantitative estimate of drug-likeness (QED) is 0.827. The fraction of sp³-hybridized carbons (Fsp3) is 0.412. The van der Waals surface area contributed by atoms with Crippen LogP contribution in [-0.2, 0) is 6.42 Å². The summed E-state index contributed by atoms with van der Waals surface area (Å²) >= 11 is 1.84. The predicted octanol–water partition coefficient (Wildman–Crippen LogP) is 4.48. The summed E-state index contributed by atoms with van der Waals surface area (Å²) in [7, 11) is 0. The van der Waals surface area contributed by atoms with Crippen molar-refractivity contribution in [3.63, 3.8) is 0 Å². The number of halogens is 1. The van der Waals surface area contributed by atoms with Crippen LogP contribution in [0.25, 0.3) is 0 Å². The third-order valence-electron chi connectivity index (χ3n) is 4.01. The van der Waals surface area contributed by atoms with Gasteiger partial charge in [0.2, 0.25) is 0 Å². The van der Waals surface area contributed by atoms with E-state index in [9.17, 15) is 4.39 Å². The smallest absolute Gasteiger partial charge is 0.123 e. The molecule has 0 spiro atoms. The molecule has 0 amide bonds. The molecular weight excluding hydrogens is 269 g/mol. The van der Waals surface area contributed by atoms with Gasteiger partial charge in [0.15, 0.2) is 0 Å². The molecule has 1 aromatic heterocycles. The Morgan fingerprint density at radius 1 is 1.35 bits per heavy atom. The maximum absolute atomic E-state index is 13.1. The molecule has 1 saturated carbocycles. The lowest BCUT2D eigenvalue weighted by atomic mass is 10.0. The average Bonchev–Trinajstić information content (AvgIpc) is 3.11. The predicted molar refractivity (Wildman–Crippen MR) is 82.6 cm³/mol. The largest absolute Gasteiger partial charge is 0.309 e. The highest BCUT2D eigenvalue weighted by Gasteiger charge is 2.32. The zero-order valence-corrected chi connectivity index (χ0v) is 12.5. The summed E-state index contributed by atoms with van der Waals surface area (Å²) in [6.45, 7) is 2.93. The summed E-state index contributed by atoms with van der Waals surface area (Å²) in [6, 6.07) is 9.94. The van der Waals surface area contributed by atoms with E-state index in [1.54, 1.807) is 12.1 Å². The monoisotopic (exact) mass is 289 g/mol. The molecule has 0 aliphatic heterocycles. The minimum Gasteiger partial charge on any atom is -0.309 e. The van der Waals surface area contributed by atoms with Crippen molar-refractivity contribution in [1.82, 2.24) is 5.32 Å². The van der Waals surface area contributed by atoms with Crippen LogP contribution in [0.2, 0.25) is 0 Å².